The maximum absolute atomic E-state index is 13.0. The summed E-state index contributed by atoms with van der Waals surface area (Å²) in [6.07, 6.45) is 2.66. The van der Waals surface area contributed by atoms with E-state index in [1.54, 1.807) is 55.7 Å². The van der Waals surface area contributed by atoms with Gasteiger partial charge in [-0.25, -0.2) is 0 Å². The van der Waals surface area contributed by atoms with E-state index in [9.17, 15) is 9.59 Å². The minimum atomic E-state index is -0.290. The number of carbonyl (C=O) groups is 2. The van der Waals surface area contributed by atoms with Crippen molar-refractivity contribution < 1.29 is 19.1 Å². The number of nitrogens with zero attached hydrogens (tertiary/aromatic N) is 1. The number of anilines is 2. The molecule has 0 saturated carbocycles. The molecule has 0 aliphatic carbocycles. The Labute approximate surface area is 224 Å². The normalized spacial score (nSPS) is 14.3. The van der Waals surface area contributed by atoms with Crippen LogP contribution in [0.25, 0.3) is 6.08 Å². The lowest BCUT2D eigenvalue weighted by atomic mass is 10.1. The fourth-order valence-electron chi connectivity index (χ4n) is 3.46. The van der Waals surface area contributed by atoms with E-state index in [-0.39, 0.29) is 18.4 Å². The fourth-order valence-corrected chi connectivity index (χ4v) is 5.00. The molecule has 0 radical (unpaired) electrons. The summed E-state index contributed by atoms with van der Waals surface area (Å²) in [6, 6.07) is 19.9. The van der Waals surface area contributed by atoms with Gasteiger partial charge in [0.05, 0.1) is 22.7 Å². The first-order valence-electron chi connectivity index (χ1n) is 11.1. The number of aryl methyl sites for hydroxylation is 1. The Hall–Kier alpha value is -3.33. The number of ether oxygens (including phenoxy) is 2. The van der Waals surface area contributed by atoms with E-state index >= 15 is 0 Å². The van der Waals surface area contributed by atoms with Crippen LogP contribution in [-0.2, 0) is 16.0 Å². The summed E-state index contributed by atoms with van der Waals surface area (Å²) >= 11 is 13.0. The number of nitrogens with one attached hydrogen (secondary N) is 1. The first kappa shape index (κ1) is 25.8. The zero-order chi connectivity index (χ0) is 25.7. The Kier molecular flexibility index (Phi) is 8.30. The molecule has 0 bridgehead atoms. The highest BCUT2D eigenvalue weighted by Gasteiger charge is 2.33. The van der Waals surface area contributed by atoms with Crippen molar-refractivity contribution in [2.75, 3.05) is 23.9 Å². The second-order valence-corrected chi connectivity index (χ2v) is 9.88. The number of halogens is 1. The third-order valence-electron chi connectivity index (χ3n) is 5.38. The molecule has 4 rings (SSSR count). The molecule has 2 amide bonds. The van der Waals surface area contributed by atoms with Gasteiger partial charge in [0.25, 0.3) is 11.8 Å². The third-order valence-corrected chi connectivity index (χ3v) is 6.98. The van der Waals surface area contributed by atoms with Crippen molar-refractivity contribution in [2.45, 2.75) is 13.3 Å². The summed E-state index contributed by atoms with van der Waals surface area (Å²) in [5, 5.41) is 3.12. The van der Waals surface area contributed by atoms with Crippen molar-refractivity contribution in [3.63, 3.8) is 0 Å². The molecule has 1 fully saturated rings. The van der Waals surface area contributed by atoms with Crippen molar-refractivity contribution >= 4 is 69.2 Å². The molecule has 9 heteroatoms. The lowest BCUT2D eigenvalue weighted by Crippen LogP contribution is -2.27. The predicted octanol–water partition coefficient (Wildman–Crippen LogP) is 6.33. The zero-order valence-electron chi connectivity index (χ0n) is 19.6. The maximum atomic E-state index is 13.0. The van der Waals surface area contributed by atoms with Crippen LogP contribution >= 0.6 is 35.6 Å². The monoisotopic (exact) mass is 538 g/mol. The molecule has 3 aromatic carbocycles. The van der Waals surface area contributed by atoms with Gasteiger partial charge in [-0.3, -0.25) is 14.5 Å². The zero-order valence-corrected chi connectivity index (χ0v) is 22.0. The van der Waals surface area contributed by atoms with Crippen LogP contribution in [0, 0.1) is 0 Å². The van der Waals surface area contributed by atoms with Crippen molar-refractivity contribution in [1.82, 2.24) is 0 Å². The molecule has 36 heavy (non-hydrogen) atoms. The molecule has 1 heterocycles. The number of rotatable bonds is 8. The summed E-state index contributed by atoms with van der Waals surface area (Å²) in [5.41, 5.74) is 3.28. The summed E-state index contributed by atoms with van der Waals surface area (Å²) in [7, 11) is 1.58. The van der Waals surface area contributed by atoms with Gasteiger partial charge >= 0.3 is 0 Å². The Morgan fingerprint density at radius 1 is 1.11 bits per heavy atom. The number of hydrogen-bond acceptors (Lipinski definition) is 6. The fraction of sp³-hybridized carbons (Fsp3) is 0.148. The predicted molar refractivity (Wildman–Crippen MR) is 150 cm³/mol. The van der Waals surface area contributed by atoms with Crippen LogP contribution in [0.2, 0.25) is 5.02 Å². The van der Waals surface area contributed by atoms with Gasteiger partial charge in [-0.1, -0.05) is 60.7 Å². The first-order chi connectivity index (χ1) is 17.4. The highest BCUT2D eigenvalue weighted by Crippen LogP contribution is 2.37. The van der Waals surface area contributed by atoms with Crippen LogP contribution in [0.15, 0.2) is 71.6 Å². The molecule has 184 valence electrons. The minimum absolute atomic E-state index is 0.185. The Morgan fingerprint density at radius 2 is 1.83 bits per heavy atom. The molecular formula is C27H23ClN2O4S2. The van der Waals surface area contributed by atoms with E-state index in [2.05, 4.69) is 12.2 Å². The number of amides is 2. The summed E-state index contributed by atoms with van der Waals surface area (Å²) in [5.74, 6) is 0.563. The van der Waals surface area contributed by atoms with E-state index in [0.717, 1.165) is 6.42 Å². The lowest BCUT2D eigenvalue weighted by Gasteiger charge is -2.14. The van der Waals surface area contributed by atoms with Crippen LogP contribution in [0.1, 0.15) is 18.1 Å². The maximum Gasteiger partial charge on any atom is 0.270 e. The molecule has 0 spiro atoms. The molecule has 0 aromatic heterocycles. The van der Waals surface area contributed by atoms with E-state index in [0.29, 0.717) is 42.7 Å². The molecule has 0 unspecified atom stereocenters. The van der Waals surface area contributed by atoms with E-state index in [4.69, 9.17) is 33.3 Å². The van der Waals surface area contributed by atoms with Gasteiger partial charge in [-0.05, 0) is 72.2 Å². The van der Waals surface area contributed by atoms with Crippen LogP contribution in [0.3, 0.4) is 0 Å². The molecule has 3 aromatic rings. The van der Waals surface area contributed by atoms with E-state index in [1.807, 2.05) is 24.3 Å². The Balaban J connectivity index is 1.39. The van der Waals surface area contributed by atoms with Gasteiger partial charge in [0.2, 0.25) is 0 Å². The highest BCUT2D eigenvalue weighted by molar-refractivity contribution is 8.27. The van der Waals surface area contributed by atoms with Gasteiger partial charge in [-0.15, -0.1) is 0 Å². The summed E-state index contributed by atoms with van der Waals surface area (Å²) in [4.78, 5) is 27.2. The second kappa shape index (κ2) is 11.6. The number of methoxy groups -OCH3 is 1. The number of benzene rings is 3. The van der Waals surface area contributed by atoms with Gasteiger partial charge in [0.15, 0.2) is 10.9 Å². The SMILES string of the molecule is CCc1ccc(NC(=O)COc2ccc(/C=C3\SC(=S)N(c4ccc(OC)cc4)C3=O)cc2Cl)cc1. The van der Waals surface area contributed by atoms with Crippen LogP contribution in [-0.4, -0.2) is 29.9 Å². The van der Waals surface area contributed by atoms with Gasteiger partial charge < -0.3 is 14.8 Å². The van der Waals surface area contributed by atoms with Crippen LogP contribution in [0.4, 0.5) is 11.4 Å². The van der Waals surface area contributed by atoms with Crippen molar-refractivity contribution in [3.8, 4) is 11.5 Å². The van der Waals surface area contributed by atoms with Crippen LogP contribution < -0.4 is 19.7 Å². The molecular weight excluding hydrogens is 516 g/mol. The van der Waals surface area contributed by atoms with Crippen molar-refractivity contribution in [2.24, 2.45) is 0 Å². The minimum Gasteiger partial charge on any atom is -0.497 e. The van der Waals surface area contributed by atoms with E-state index in [1.165, 1.54) is 22.2 Å². The number of thioether (sulfide) groups is 1. The summed E-state index contributed by atoms with van der Waals surface area (Å²) < 4.78 is 11.2. The molecule has 1 N–H and O–H groups in total. The van der Waals surface area contributed by atoms with Crippen molar-refractivity contribution in [1.29, 1.82) is 0 Å². The Bertz CT molecular complexity index is 1320. The average molecular weight is 539 g/mol. The third kappa shape index (κ3) is 6.07. The molecule has 1 saturated heterocycles. The van der Waals surface area contributed by atoms with Gasteiger partial charge in [0.1, 0.15) is 11.5 Å². The first-order valence-corrected chi connectivity index (χ1v) is 12.7. The standard InChI is InChI=1S/C27H23ClN2O4S2/c1-3-17-4-7-19(8-5-17)29-25(31)16-34-23-13-6-18(14-22(23)28)15-24-26(32)30(27(35)36-24)20-9-11-21(33-2)12-10-20/h4-15H,3,16H2,1-2H3,(H,29,31)/b24-15-. The molecule has 6 nitrogen and oxygen atoms in total. The van der Waals surface area contributed by atoms with Crippen molar-refractivity contribution in [3.05, 3.63) is 87.8 Å². The topological polar surface area (TPSA) is 67.9 Å². The average Bonchev–Trinajstić information content (AvgIpc) is 3.16. The number of thiocarbonyl (C=S) groups is 1. The Morgan fingerprint density at radius 3 is 2.47 bits per heavy atom. The van der Waals surface area contributed by atoms with E-state index < -0.39 is 0 Å². The highest BCUT2D eigenvalue weighted by atomic mass is 35.5. The molecule has 1 aliphatic rings. The number of carbonyl (C=O) groups excluding carboxylic acids is 2. The molecule has 0 atom stereocenters. The second-order valence-electron chi connectivity index (χ2n) is 7.79. The quantitative estimate of drug-likeness (QED) is 0.267. The lowest BCUT2D eigenvalue weighted by molar-refractivity contribution is -0.118. The number of hydrogen-bond donors (Lipinski definition) is 1. The largest absolute Gasteiger partial charge is 0.497 e. The molecule has 1 aliphatic heterocycles. The smallest absolute Gasteiger partial charge is 0.270 e. The van der Waals surface area contributed by atoms with Gasteiger partial charge in [-0.2, -0.15) is 0 Å². The summed E-state index contributed by atoms with van der Waals surface area (Å²) in [6.45, 7) is 1.89. The van der Waals surface area contributed by atoms with Gasteiger partial charge in [0, 0.05) is 5.69 Å². The van der Waals surface area contributed by atoms with Crippen LogP contribution in [0.5, 0.6) is 11.5 Å².